The Morgan fingerprint density at radius 3 is 2.94 bits per heavy atom. The Balaban J connectivity index is 1.82. The molecule has 0 atom stereocenters. The average Bonchev–Trinajstić information content (AvgIpc) is 2.82. The molecule has 0 spiro atoms. The zero-order valence-electron chi connectivity index (χ0n) is 9.84. The molecule has 1 saturated heterocycles. The number of nitrogens with one attached hydrogen (secondary N) is 1. The Kier molecular flexibility index (Phi) is 2.94. The van der Waals surface area contributed by atoms with Crippen molar-refractivity contribution >= 4 is 0 Å². The van der Waals surface area contributed by atoms with Crippen LogP contribution in [0.1, 0.15) is 29.5 Å². The van der Waals surface area contributed by atoms with Crippen molar-refractivity contribution in [2.24, 2.45) is 0 Å². The smallest absolute Gasteiger partial charge is 0.0237 e. The minimum Gasteiger partial charge on any atom is -0.312 e. The van der Waals surface area contributed by atoms with Gasteiger partial charge in [0.25, 0.3) is 0 Å². The van der Waals surface area contributed by atoms with Crippen molar-refractivity contribution < 1.29 is 0 Å². The molecule has 0 amide bonds. The van der Waals surface area contributed by atoms with E-state index in [1.54, 1.807) is 16.7 Å². The number of likely N-dealkylation sites (tertiary alicyclic amines) is 1. The standard InChI is InChI=1S/C14H20N2/c1-2-9-16(8-1)11-13-5-3-4-12-6-7-15-10-14(12)13/h3-5,15H,1-2,6-11H2. The Morgan fingerprint density at radius 1 is 1.19 bits per heavy atom. The van der Waals surface area contributed by atoms with Gasteiger partial charge in [-0.3, -0.25) is 4.90 Å². The maximum Gasteiger partial charge on any atom is 0.0237 e. The van der Waals surface area contributed by atoms with Gasteiger partial charge in [-0.25, -0.2) is 0 Å². The largest absolute Gasteiger partial charge is 0.312 e. The second-order valence-electron chi connectivity index (χ2n) is 4.96. The van der Waals surface area contributed by atoms with Gasteiger partial charge in [0, 0.05) is 13.1 Å². The van der Waals surface area contributed by atoms with Crippen LogP contribution in [0.25, 0.3) is 0 Å². The fraction of sp³-hybridized carbons (Fsp3) is 0.571. The third-order valence-electron chi connectivity index (χ3n) is 3.84. The lowest BCUT2D eigenvalue weighted by Gasteiger charge is -2.23. The molecule has 1 aromatic rings. The molecule has 1 fully saturated rings. The van der Waals surface area contributed by atoms with Crippen LogP contribution < -0.4 is 5.32 Å². The van der Waals surface area contributed by atoms with Crippen LogP contribution in [-0.2, 0) is 19.5 Å². The Morgan fingerprint density at radius 2 is 2.06 bits per heavy atom. The third-order valence-corrected chi connectivity index (χ3v) is 3.84. The van der Waals surface area contributed by atoms with Crippen LogP contribution in [0.15, 0.2) is 18.2 Å². The summed E-state index contributed by atoms with van der Waals surface area (Å²) in [5, 5.41) is 3.49. The highest BCUT2D eigenvalue weighted by Crippen LogP contribution is 2.21. The van der Waals surface area contributed by atoms with Crippen molar-refractivity contribution in [3.8, 4) is 0 Å². The van der Waals surface area contributed by atoms with Gasteiger partial charge in [-0.05, 0) is 55.6 Å². The molecule has 86 valence electrons. The summed E-state index contributed by atoms with van der Waals surface area (Å²) in [7, 11) is 0. The molecule has 0 bridgehead atoms. The molecule has 0 saturated carbocycles. The maximum absolute atomic E-state index is 3.49. The van der Waals surface area contributed by atoms with Crippen molar-refractivity contribution in [1.82, 2.24) is 10.2 Å². The zero-order chi connectivity index (χ0) is 10.8. The molecule has 2 aliphatic heterocycles. The number of fused-ring (bicyclic) bond motifs is 1. The first-order valence-electron chi connectivity index (χ1n) is 6.46. The van der Waals surface area contributed by atoms with Gasteiger partial charge >= 0.3 is 0 Å². The monoisotopic (exact) mass is 216 g/mol. The summed E-state index contributed by atoms with van der Waals surface area (Å²) >= 11 is 0. The molecule has 0 aliphatic carbocycles. The molecular formula is C14H20N2. The number of hydrogen-bond acceptors (Lipinski definition) is 2. The number of rotatable bonds is 2. The number of hydrogen-bond donors (Lipinski definition) is 1. The fourth-order valence-electron chi connectivity index (χ4n) is 2.92. The van der Waals surface area contributed by atoms with Crippen molar-refractivity contribution in [2.45, 2.75) is 32.4 Å². The topological polar surface area (TPSA) is 15.3 Å². The summed E-state index contributed by atoms with van der Waals surface area (Å²) < 4.78 is 0. The summed E-state index contributed by atoms with van der Waals surface area (Å²) in [6.07, 6.45) is 3.96. The fourth-order valence-corrected chi connectivity index (χ4v) is 2.92. The van der Waals surface area contributed by atoms with Gasteiger partial charge in [0.05, 0.1) is 0 Å². The highest BCUT2D eigenvalue weighted by Gasteiger charge is 2.16. The van der Waals surface area contributed by atoms with Gasteiger partial charge in [-0.15, -0.1) is 0 Å². The van der Waals surface area contributed by atoms with Gasteiger partial charge in [-0.2, -0.15) is 0 Å². The van der Waals surface area contributed by atoms with Gasteiger partial charge in [0.1, 0.15) is 0 Å². The molecule has 0 radical (unpaired) electrons. The van der Waals surface area contributed by atoms with Crippen molar-refractivity contribution in [2.75, 3.05) is 19.6 Å². The van der Waals surface area contributed by atoms with Gasteiger partial charge in [0.15, 0.2) is 0 Å². The quantitative estimate of drug-likeness (QED) is 0.812. The van der Waals surface area contributed by atoms with E-state index in [-0.39, 0.29) is 0 Å². The summed E-state index contributed by atoms with van der Waals surface area (Å²) in [6, 6.07) is 6.84. The van der Waals surface area contributed by atoms with Crippen LogP contribution in [0.5, 0.6) is 0 Å². The summed E-state index contributed by atoms with van der Waals surface area (Å²) in [4.78, 5) is 2.59. The minimum atomic E-state index is 1.07. The second-order valence-corrected chi connectivity index (χ2v) is 4.96. The van der Waals surface area contributed by atoms with E-state index in [0.717, 1.165) is 19.6 Å². The Labute approximate surface area is 97.6 Å². The molecule has 16 heavy (non-hydrogen) atoms. The lowest BCUT2D eigenvalue weighted by atomic mass is 9.96. The van der Waals surface area contributed by atoms with E-state index in [0.29, 0.717) is 0 Å². The molecule has 2 aliphatic rings. The van der Waals surface area contributed by atoms with Crippen molar-refractivity contribution in [1.29, 1.82) is 0 Å². The summed E-state index contributed by atoms with van der Waals surface area (Å²) in [6.45, 7) is 5.94. The third kappa shape index (κ3) is 2.00. The van der Waals surface area contributed by atoms with E-state index in [1.807, 2.05) is 0 Å². The van der Waals surface area contributed by atoms with Crippen molar-refractivity contribution in [3.05, 3.63) is 34.9 Å². The molecule has 2 heterocycles. The van der Waals surface area contributed by atoms with Gasteiger partial charge < -0.3 is 5.32 Å². The SMILES string of the molecule is c1cc2c(c(CN3CCCC3)c1)CNCC2. The second kappa shape index (κ2) is 4.56. The van der Waals surface area contributed by atoms with E-state index < -0.39 is 0 Å². The van der Waals surface area contributed by atoms with E-state index in [4.69, 9.17) is 0 Å². The minimum absolute atomic E-state index is 1.07. The highest BCUT2D eigenvalue weighted by atomic mass is 15.1. The molecule has 0 aromatic heterocycles. The Hall–Kier alpha value is -0.860. The molecule has 1 aromatic carbocycles. The van der Waals surface area contributed by atoms with Crippen LogP contribution in [0, 0.1) is 0 Å². The normalized spacial score (nSPS) is 21.0. The van der Waals surface area contributed by atoms with E-state index in [9.17, 15) is 0 Å². The van der Waals surface area contributed by atoms with Crippen LogP contribution in [0.3, 0.4) is 0 Å². The lowest BCUT2D eigenvalue weighted by Crippen LogP contribution is -2.27. The molecular weight excluding hydrogens is 196 g/mol. The Bertz CT molecular complexity index is 367. The van der Waals surface area contributed by atoms with E-state index in [1.165, 1.54) is 32.4 Å². The van der Waals surface area contributed by atoms with Crippen LogP contribution in [-0.4, -0.2) is 24.5 Å². The number of benzene rings is 1. The zero-order valence-corrected chi connectivity index (χ0v) is 9.84. The first-order valence-corrected chi connectivity index (χ1v) is 6.46. The van der Waals surface area contributed by atoms with E-state index in [2.05, 4.69) is 28.4 Å². The first kappa shape index (κ1) is 10.3. The summed E-state index contributed by atoms with van der Waals surface area (Å²) in [5.74, 6) is 0. The maximum atomic E-state index is 3.49. The van der Waals surface area contributed by atoms with Crippen LogP contribution in [0.2, 0.25) is 0 Å². The molecule has 3 rings (SSSR count). The summed E-state index contributed by atoms with van der Waals surface area (Å²) in [5.41, 5.74) is 4.68. The van der Waals surface area contributed by atoms with Gasteiger partial charge in [0.2, 0.25) is 0 Å². The molecule has 2 nitrogen and oxygen atoms in total. The molecule has 0 unspecified atom stereocenters. The van der Waals surface area contributed by atoms with Crippen LogP contribution in [0.4, 0.5) is 0 Å². The van der Waals surface area contributed by atoms with Gasteiger partial charge in [-0.1, -0.05) is 18.2 Å². The predicted molar refractivity (Wildman–Crippen MR) is 66.4 cm³/mol. The lowest BCUT2D eigenvalue weighted by molar-refractivity contribution is 0.329. The average molecular weight is 216 g/mol. The predicted octanol–water partition coefficient (Wildman–Crippen LogP) is 1.93. The molecule has 1 N–H and O–H groups in total. The number of nitrogens with zero attached hydrogens (tertiary/aromatic N) is 1. The first-order chi connectivity index (χ1) is 7.93. The van der Waals surface area contributed by atoms with Crippen LogP contribution >= 0.6 is 0 Å². The van der Waals surface area contributed by atoms with E-state index >= 15 is 0 Å². The van der Waals surface area contributed by atoms with Crippen molar-refractivity contribution in [3.63, 3.8) is 0 Å². The molecule has 2 heteroatoms. The highest BCUT2D eigenvalue weighted by molar-refractivity contribution is 5.36.